The number of hydrogen-bond donors (Lipinski definition) is 1. The van der Waals surface area contributed by atoms with Gasteiger partial charge >= 0.3 is 5.97 Å². The van der Waals surface area contributed by atoms with Crippen molar-refractivity contribution in [2.75, 3.05) is 31.0 Å². The van der Waals surface area contributed by atoms with Crippen LogP contribution < -0.4 is 19.7 Å². The fourth-order valence-electron chi connectivity index (χ4n) is 3.41. The number of esters is 1. The largest absolute Gasteiger partial charge is 0.493 e. The summed E-state index contributed by atoms with van der Waals surface area (Å²) in [4.78, 5) is 26.8. The van der Waals surface area contributed by atoms with Crippen molar-refractivity contribution in [2.45, 2.75) is 19.9 Å². The highest BCUT2D eigenvalue weighted by Gasteiger charge is 2.15. The molecule has 0 atom stereocenters. The third kappa shape index (κ3) is 6.04. The first-order chi connectivity index (χ1) is 15.9. The molecule has 3 aromatic rings. The number of ether oxygens (including phenoxy) is 3. The van der Waals surface area contributed by atoms with E-state index < -0.39 is 18.5 Å². The average Bonchev–Trinajstić information content (AvgIpc) is 2.83. The fourth-order valence-corrected chi connectivity index (χ4v) is 3.41. The number of hydrogen-bond acceptors (Lipinski definition) is 6. The number of anilines is 3. The molecule has 0 aliphatic rings. The highest BCUT2D eigenvalue weighted by molar-refractivity contribution is 5.96. The second kappa shape index (κ2) is 11.0. The van der Waals surface area contributed by atoms with Crippen LogP contribution in [0.3, 0.4) is 0 Å². The molecule has 1 amide bonds. The van der Waals surface area contributed by atoms with E-state index in [0.717, 1.165) is 11.4 Å². The molecular formula is C26H28N2O5. The SMILES string of the molecule is COc1ccc(C(=O)OCC(=O)Nc2ccc(N(c3ccccc3)C(C)C)cc2)cc1OC. The summed E-state index contributed by atoms with van der Waals surface area (Å²) in [5.74, 6) is -0.154. The minimum atomic E-state index is -0.628. The van der Waals surface area contributed by atoms with Crippen molar-refractivity contribution in [3.8, 4) is 11.5 Å². The normalized spacial score (nSPS) is 10.5. The molecule has 33 heavy (non-hydrogen) atoms. The molecule has 0 fully saturated rings. The van der Waals surface area contributed by atoms with Gasteiger partial charge in [-0.3, -0.25) is 4.79 Å². The van der Waals surface area contributed by atoms with E-state index in [0.29, 0.717) is 17.2 Å². The first kappa shape index (κ1) is 23.7. The summed E-state index contributed by atoms with van der Waals surface area (Å²) in [5.41, 5.74) is 2.97. The first-order valence-electron chi connectivity index (χ1n) is 10.6. The van der Waals surface area contributed by atoms with Gasteiger partial charge in [-0.15, -0.1) is 0 Å². The number of carbonyl (C=O) groups excluding carboxylic acids is 2. The topological polar surface area (TPSA) is 77.1 Å². The Labute approximate surface area is 193 Å². The van der Waals surface area contributed by atoms with E-state index in [-0.39, 0.29) is 11.6 Å². The predicted octanol–water partition coefficient (Wildman–Crippen LogP) is 5.05. The van der Waals surface area contributed by atoms with Crippen LogP contribution in [0.2, 0.25) is 0 Å². The molecule has 3 aromatic carbocycles. The molecule has 0 bridgehead atoms. The smallest absolute Gasteiger partial charge is 0.338 e. The minimum absolute atomic E-state index is 0.254. The average molecular weight is 449 g/mol. The summed E-state index contributed by atoms with van der Waals surface area (Å²) in [6.45, 7) is 3.84. The minimum Gasteiger partial charge on any atom is -0.493 e. The van der Waals surface area contributed by atoms with E-state index in [1.165, 1.54) is 20.3 Å². The standard InChI is InChI=1S/C26H28N2O5/c1-18(2)28(21-8-6-5-7-9-21)22-13-11-20(12-14-22)27-25(29)17-33-26(30)19-10-15-23(31-3)24(16-19)32-4/h5-16,18H,17H2,1-4H3,(H,27,29). The maximum Gasteiger partial charge on any atom is 0.338 e. The summed E-state index contributed by atoms with van der Waals surface area (Å²) in [5, 5.41) is 2.75. The Hall–Kier alpha value is -4.00. The van der Waals surface area contributed by atoms with Crippen LogP contribution in [0.15, 0.2) is 72.8 Å². The molecule has 0 aliphatic carbocycles. The molecule has 0 aliphatic heterocycles. The van der Waals surface area contributed by atoms with Gasteiger partial charge in [0.25, 0.3) is 5.91 Å². The molecule has 172 valence electrons. The van der Waals surface area contributed by atoms with E-state index in [4.69, 9.17) is 14.2 Å². The Morgan fingerprint density at radius 2 is 1.48 bits per heavy atom. The second-order valence-corrected chi connectivity index (χ2v) is 7.54. The van der Waals surface area contributed by atoms with Gasteiger partial charge < -0.3 is 24.4 Å². The van der Waals surface area contributed by atoms with Gasteiger partial charge in [0, 0.05) is 23.1 Å². The van der Waals surface area contributed by atoms with Crippen LogP contribution in [0.5, 0.6) is 11.5 Å². The van der Waals surface area contributed by atoms with Crippen molar-refractivity contribution < 1.29 is 23.8 Å². The van der Waals surface area contributed by atoms with Crippen molar-refractivity contribution in [1.29, 1.82) is 0 Å². The van der Waals surface area contributed by atoms with Gasteiger partial charge in [-0.05, 0) is 68.4 Å². The van der Waals surface area contributed by atoms with E-state index in [9.17, 15) is 9.59 Å². The number of methoxy groups -OCH3 is 2. The van der Waals surface area contributed by atoms with Gasteiger partial charge in [0.1, 0.15) is 0 Å². The molecule has 0 heterocycles. The third-order valence-corrected chi connectivity index (χ3v) is 4.93. The molecular weight excluding hydrogens is 420 g/mol. The Balaban J connectivity index is 1.59. The lowest BCUT2D eigenvalue weighted by Gasteiger charge is -2.29. The number of nitrogens with one attached hydrogen (secondary N) is 1. The highest BCUT2D eigenvalue weighted by atomic mass is 16.5. The molecule has 0 saturated carbocycles. The zero-order chi connectivity index (χ0) is 23.8. The lowest BCUT2D eigenvalue weighted by atomic mass is 10.2. The fraction of sp³-hybridized carbons (Fsp3) is 0.231. The van der Waals surface area contributed by atoms with Crippen molar-refractivity contribution >= 4 is 28.9 Å². The predicted molar refractivity (Wildman–Crippen MR) is 129 cm³/mol. The Bertz CT molecular complexity index is 1080. The monoisotopic (exact) mass is 448 g/mol. The zero-order valence-electron chi connectivity index (χ0n) is 19.2. The molecule has 7 heteroatoms. The Kier molecular flexibility index (Phi) is 7.91. The van der Waals surface area contributed by atoms with Gasteiger partial charge in [-0.2, -0.15) is 0 Å². The Morgan fingerprint density at radius 1 is 0.848 bits per heavy atom. The van der Waals surface area contributed by atoms with E-state index in [1.54, 1.807) is 12.1 Å². The van der Waals surface area contributed by atoms with E-state index >= 15 is 0 Å². The van der Waals surface area contributed by atoms with Crippen molar-refractivity contribution in [3.63, 3.8) is 0 Å². The molecule has 7 nitrogen and oxygen atoms in total. The van der Waals surface area contributed by atoms with Gasteiger partial charge in [-0.25, -0.2) is 4.79 Å². The summed E-state index contributed by atoms with van der Waals surface area (Å²) in [7, 11) is 2.99. The number of carbonyl (C=O) groups is 2. The number of para-hydroxylation sites is 1. The van der Waals surface area contributed by atoms with E-state index in [1.807, 2.05) is 42.5 Å². The van der Waals surface area contributed by atoms with Crippen LogP contribution in [0.25, 0.3) is 0 Å². The lowest BCUT2D eigenvalue weighted by molar-refractivity contribution is -0.119. The zero-order valence-corrected chi connectivity index (χ0v) is 19.2. The van der Waals surface area contributed by atoms with Gasteiger partial charge in [0.15, 0.2) is 18.1 Å². The number of rotatable bonds is 9. The summed E-state index contributed by atoms with van der Waals surface area (Å²) in [6.07, 6.45) is 0. The number of benzene rings is 3. The van der Waals surface area contributed by atoms with Crippen molar-refractivity contribution in [1.82, 2.24) is 0 Å². The van der Waals surface area contributed by atoms with Crippen LogP contribution in [-0.2, 0) is 9.53 Å². The number of nitrogens with zero attached hydrogens (tertiary/aromatic N) is 1. The van der Waals surface area contributed by atoms with Crippen molar-refractivity contribution in [3.05, 3.63) is 78.4 Å². The van der Waals surface area contributed by atoms with E-state index in [2.05, 4.69) is 36.2 Å². The lowest BCUT2D eigenvalue weighted by Crippen LogP contribution is -2.25. The van der Waals surface area contributed by atoms with Gasteiger partial charge in [-0.1, -0.05) is 18.2 Å². The molecule has 3 rings (SSSR count). The van der Waals surface area contributed by atoms with Crippen LogP contribution in [0.1, 0.15) is 24.2 Å². The van der Waals surface area contributed by atoms with Crippen molar-refractivity contribution in [2.24, 2.45) is 0 Å². The molecule has 0 saturated heterocycles. The molecule has 0 unspecified atom stereocenters. The summed E-state index contributed by atoms with van der Waals surface area (Å²) >= 11 is 0. The van der Waals surface area contributed by atoms with Gasteiger partial charge in [0.05, 0.1) is 19.8 Å². The summed E-state index contributed by atoms with van der Waals surface area (Å²) < 4.78 is 15.5. The molecule has 0 radical (unpaired) electrons. The van der Waals surface area contributed by atoms with Crippen LogP contribution in [0, 0.1) is 0 Å². The van der Waals surface area contributed by atoms with Crippen LogP contribution in [0.4, 0.5) is 17.1 Å². The van der Waals surface area contributed by atoms with Crippen LogP contribution in [-0.4, -0.2) is 38.7 Å². The summed E-state index contributed by atoms with van der Waals surface area (Å²) in [6, 6.07) is 22.5. The van der Waals surface area contributed by atoms with Crippen LogP contribution >= 0.6 is 0 Å². The third-order valence-electron chi connectivity index (χ3n) is 4.93. The quantitative estimate of drug-likeness (QED) is 0.462. The van der Waals surface area contributed by atoms with Gasteiger partial charge in [0.2, 0.25) is 0 Å². The number of amides is 1. The molecule has 0 spiro atoms. The Morgan fingerprint density at radius 3 is 2.09 bits per heavy atom. The first-order valence-corrected chi connectivity index (χ1v) is 10.6. The molecule has 1 N–H and O–H groups in total. The maximum absolute atomic E-state index is 12.3. The highest BCUT2D eigenvalue weighted by Crippen LogP contribution is 2.29. The molecule has 0 aromatic heterocycles. The maximum atomic E-state index is 12.3. The second-order valence-electron chi connectivity index (χ2n) is 7.54.